The fraction of sp³-hybridized carbons (Fsp3) is 0.488. The molecule has 3 aromatic carbocycles. The largest absolute Gasteiger partial charge is 0.504 e. The number of H-pyrrole nitrogens is 1. The first-order valence-corrected chi connectivity index (χ1v) is 19.5. The molecule has 4 atom stereocenters. The normalized spacial score (nSPS) is 27.2. The molecule has 0 radical (unpaired) electrons. The number of benzene rings is 3. The molecule has 2 saturated carbocycles. The van der Waals surface area contributed by atoms with E-state index < -0.39 is 28.8 Å². The number of phenols is 1. The monoisotopic (exact) mass is 715 g/mol. The molecule has 1 aromatic heterocycles. The molecule has 1 saturated heterocycles. The third kappa shape index (κ3) is 5.35. The van der Waals surface area contributed by atoms with E-state index in [2.05, 4.69) is 27.3 Å². The van der Waals surface area contributed by atoms with E-state index in [0.29, 0.717) is 43.1 Å². The lowest BCUT2D eigenvalue weighted by Gasteiger charge is -2.62. The first kappa shape index (κ1) is 33.1. The number of carbonyl (C=O) groups is 1. The van der Waals surface area contributed by atoms with Crippen LogP contribution in [-0.2, 0) is 29.5 Å². The van der Waals surface area contributed by atoms with Gasteiger partial charge in [-0.25, -0.2) is 14.7 Å². The summed E-state index contributed by atoms with van der Waals surface area (Å²) in [4.78, 5) is 26.7. The summed E-state index contributed by atoms with van der Waals surface area (Å²) in [7, 11) is 0. The van der Waals surface area contributed by atoms with Crippen molar-refractivity contribution >= 4 is 28.6 Å². The van der Waals surface area contributed by atoms with Crippen molar-refractivity contribution in [1.29, 1.82) is 0 Å². The molecule has 276 valence electrons. The minimum atomic E-state index is -1.08. The molecular formula is C43H49N5O5. The fourth-order valence-corrected chi connectivity index (χ4v) is 9.89. The number of guanidine groups is 1. The van der Waals surface area contributed by atoms with Gasteiger partial charge in [0, 0.05) is 47.7 Å². The van der Waals surface area contributed by atoms with Crippen LogP contribution in [0, 0.1) is 11.8 Å². The Morgan fingerprint density at radius 1 is 1.09 bits per heavy atom. The molecule has 10 nitrogen and oxygen atoms in total. The van der Waals surface area contributed by atoms with Gasteiger partial charge in [0.1, 0.15) is 5.60 Å². The van der Waals surface area contributed by atoms with E-state index in [-0.39, 0.29) is 11.8 Å². The van der Waals surface area contributed by atoms with E-state index >= 15 is 0 Å². The number of hydrogen-bond donors (Lipinski definition) is 4. The number of fused-ring (bicyclic) bond motifs is 4. The Morgan fingerprint density at radius 3 is 2.64 bits per heavy atom. The number of phenolic OH excluding ortho intramolecular Hbond substituents is 1. The highest BCUT2D eigenvalue weighted by atomic mass is 16.6. The molecule has 4 aliphatic carbocycles. The van der Waals surface area contributed by atoms with Gasteiger partial charge in [-0.15, -0.1) is 0 Å². The minimum Gasteiger partial charge on any atom is -0.504 e. The number of nitrogens with zero attached hydrogens (tertiary/aromatic N) is 3. The molecule has 3 heterocycles. The number of anilines is 1. The average molecular weight is 716 g/mol. The average Bonchev–Trinajstić information content (AvgIpc) is 4.05. The van der Waals surface area contributed by atoms with E-state index in [0.717, 1.165) is 77.7 Å². The van der Waals surface area contributed by atoms with Crippen LogP contribution >= 0.6 is 0 Å². The van der Waals surface area contributed by atoms with Gasteiger partial charge < -0.3 is 30.0 Å². The smallest absolute Gasteiger partial charge is 0.417 e. The van der Waals surface area contributed by atoms with Crippen molar-refractivity contribution in [3.8, 4) is 11.5 Å². The van der Waals surface area contributed by atoms with Crippen LogP contribution in [0.3, 0.4) is 0 Å². The molecule has 1 amide bonds. The number of hydrogen-bond acceptors (Lipinski definition) is 7. The second-order valence-electron chi connectivity index (χ2n) is 17.5. The standard InChI is InChI=1S/C43H49N5O5/c1-41(2,3)53-40(50)48(24-27-11-12-27)39(44-22-25-7-5-4-6-8-25)45-29-14-15-32-30(20-29)31-21-43(51)34-19-28-13-16-33(49)37-35(28)42(43,38(52-37)36(31)46-32)17-18-47(34)23-26-9-10-26/h4-8,13-16,20,26-27,34,38,46,49,51H,9-12,17-19,21-24H2,1-3H3,(H,44,45)/t34-,38+,42+,43-/m1/s1. The number of aliphatic imine (C=N–C) groups is 1. The lowest BCUT2D eigenvalue weighted by Crippen LogP contribution is -2.74. The maximum Gasteiger partial charge on any atom is 0.417 e. The van der Waals surface area contributed by atoms with E-state index in [9.17, 15) is 15.0 Å². The van der Waals surface area contributed by atoms with Crippen LogP contribution in [0.4, 0.5) is 10.5 Å². The molecular weight excluding hydrogens is 667 g/mol. The SMILES string of the molecule is CC(C)(C)OC(=O)N(CC1CC1)C(=NCc1ccccc1)Nc1ccc2[nH]c3c(c2c1)C[C@@]1(O)[C@H]2Cc4ccc(O)c5c4[C@@]1(CCN2CC1CC1)[C@H]3O5. The summed E-state index contributed by atoms with van der Waals surface area (Å²) >= 11 is 0. The first-order chi connectivity index (χ1) is 25.5. The van der Waals surface area contributed by atoms with E-state index in [4.69, 9.17) is 14.5 Å². The van der Waals surface area contributed by atoms with Gasteiger partial charge in [-0.3, -0.25) is 4.90 Å². The molecule has 4 aromatic rings. The van der Waals surface area contributed by atoms with Gasteiger partial charge >= 0.3 is 6.09 Å². The van der Waals surface area contributed by atoms with Gasteiger partial charge in [-0.1, -0.05) is 36.4 Å². The summed E-state index contributed by atoms with van der Waals surface area (Å²) in [5.74, 6) is 2.24. The van der Waals surface area contributed by atoms with Crippen LogP contribution in [0.2, 0.25) is 0 Å². The summed E-state index contributed by atoms with van der Waals surface area (Å²) in [5, 5.41) is 29.0. The number of piperidine rings is 1. The van der Waals surface area contributed by atoms with Crippen molar-refractivity contribution in [3.05, 3.63) is 88.6 Å². The van der Waals surface area contributed by atoms with Crippen LogP contribution in [0.5, 0.6) is 11.5 Å². The zero-order chi connectivity index (χ0) is 36.3. The Bertz CT molecular complexity index is 2150. The maximum atomic E-state index is 13.8. The Kier molecular flexibility index (Phi) is 7.32. The van der Waals surface area contributed by atoms with Crippen molar-refractivity contribution in [2.45, 2.75) is 101 Å². The minimum absolute atomic E-state index is 0.0492. The number of aliphatic hydroxyl groups is 1. The second-order valence-corrected chi connectivity index (χ2v) is 17.5. The molecule has 53 heavy (non-hydrogen) atoms. The van der Waals surface area contributed by atoms with Crippen LogP contribution in [0.15, 0.2) is 65.7 Å². The summed E-state index contributed by atoms with van der Waals surface area (Å²) in [5.41, 5.74) is 4.61. The van der Waals surface area contributed by atoms with Gasteiger partial charge in [-0.2, -0.15) is 0 Å². The molecule has 2 bridgehead atoms. The Labute approximate surface area is 310 Å². The summed E-state index contributed by atoms with van der Waals surface area (Å²) in [6, 6.07) is 20.0. The Balaban J connectivity index is 1.05. The van der Waals surface area contributed by atoms with E-state index in [1.165, 1.54) is 18.4 Å². The van der Waals surface area contributed by atoms with Gasteiger partial charge in [0.25, 0.3) is 0 Å². The van der Waals surface area contributed by atoms with E-state index in [1.807, 2.05) is 63.2 Å². The third-order valence-electron chi connectivity index (χ3n) is 12.7. The fourth-order valence-electron chi connectivity index (χ4n) is 9.89. The quantitative estimate of drug-likeness (QED) is 0.118. The van der Waals surface area contributed by atoms with Crippen molar-refractivity contribution in [1.82, 2.24) is 14.8 Å². The number of amides is 1. The number of nitrogens with one attached hydrogen (secondary N) is 2. The number of carbonyl (C=O) groups excluding carboxylic acids is 1. The lowest BCUT2D eigenvalue weighted by atomic mass is 9.49. The van der Waals surface area contributed by atoms with Crippen molar-refractivity contribution in [3.63, 3.8) is 0 Å². The van der Waals surface area contributed by atoms with Gasteiger partial charge in [0.2, 0.25) is 5.96 Å². The molecule has 3 fully saturated rings. The van der Waals surface area contributed by atoms with Crippen LogP contribution < -0.4 is 10.1 Å². The number of likely N-dealkylation sites (tertiary alicyclic amines) is 1. The second kappa shape index (κ2) is 11.7. The number of aromatic amines is 1. The molecule has 6 aliphatic rings. The lowest BCUT2D eigenvalue weighted by molar-refractivity contribution is -0.173. The van der Waals surface area contributed by atoms with Crippen LogP contribution in [0.25, 0.3) is 10.9 Å². The first-order valence-electron chi connectivity index (χ1n) is 19.5. The van der Waals surface area contributed by atoms with Crippen LogP contribution in [0.1, 0.15) is 86.9 Å². The Hall–Kier alpha value is -4.54. The topological polar surface area (TPSA) is 123 Å². The van der Waals surface area contributed by atoms with E-state index in [1.54, 1.807) is 11.0 Å². The number of aromatic nitrogens is 1. The molecule has 10 rings (SSSR count). The zero-order valence-electron chi connectivity index (χ0n) is 30.8. The predicted octanol–water partition coefficient (Wildman–Crippen LogP) is 7.19. The molecule has 1 spiro atoms. The number of rotatable bonds is 7. The van der Waals surface area contributed by atoms with Gasteiger partial charge in [0.15, 0.2) is 17.6 Å². The third-order valence-corrected chi connectivity index (χ3v) is 12.7. The van der Waals surface area contributed by atoms with Gasteiger partial charge in [0.05, 0.1) is 23.3 Å². The Morgan fingerprint density at radius 2 is 1.89 bits per heavy atom. The highest BCUT2D eigenvalue weighted by Gasteiger charge is 2.73. The molecule has 2 aliphatic heterocycles. The predicted molar refractivity (Wildman–Crippen MR) is 203 cm³/mol. The number of ether oxygens (including phenoxy) is 2. The maximum absolute atomic E-state index is 13.8. The summed E-state index contributed by atoms with van der Waals surface area (Å²) in [6.45, 7) is 8.50. The number of aromatic hydroxyl groups is 1. The highest BCUT2D eigenvalue weighted by molar-refractivity contribution is 6.03. The van der Waals surface area contributed by atoms with Crippen LogP contribution in [-0.4, -0.2) is 73.9 Å². The molecule has 0 unspecified atom stereocenters. The molecule has 4 N–H and O–H groups in total. The van der Waals surface area contributed by atoms with Gasteiger partial charge in [-0.05, 0) is 119 Å². The molecule has 10 heteroatoms. The summed E-state index contributed by atoms with van der Waals surface area (Å²) in [6.07, 6.45) is 5.78. The highest BCUT2D eigenvalue weighted by Crippen LogP contribution is 2.69. The summed E-state index contributed by atoms with van der Waals surface area (Å²) < 4.78 is 12.7. The van der Waals surface area contributed by atoms with Crippen molar-refractivity contribution in [2.24, 2.45) is 16.8 Å². The van der Waals surface area contributed by atoms with Crippen molar-refractivity contribution in [2.75, 3.05) is 25.0 Å². The zero-order valence-corrected chi connectivity index (χ0v) is 30.8. The van der Waals surface area contributed by atoms with Crippen molar-refractivity contribution < 1.29 is 24.5 Å².